The van der Waals surface area contributed by atoms with E-state index in [1.165, 1.54) is 0 Å². The molecule has 3 rings (SSSR count). The van der Waals surface area contributed by atoms with Crippen molar-refractivity contribution in [3.63, 3.8) is 0 Å². The van der Waals surface area contributed by atoms with E-state index in [2.05, 4.69) is 0 Å². The molecule has 0 radical (unpaired) electrons. The Bertz CT molecular complexity index is 883. The second kappa shape index (κ2) is 6.36. The van der Waals surface area contributed by atoms with Gasteiger partial charge in [-0.1, -0.05) is 42.5 Å². The number of carbonyl (C=O) groups is 1. The average Bonchev–Trinajstić information content (AvgIpc) is 2.90. The van der Waals surface area contributed by atoms with Gasteiger partial charge in [-0.05, 0) is 44.5 Å². The summed E-state index contributed by atoms with van der Waals surface area (Å²) in [4.78, 5) is 12.3. The van der Waals surface area contributed by atoms with E-state index < -0.39 is 5.41 Å². The smallest absolute Gasteiger partial charge is 0.316 e. The highest BCUT2D eigenvalue weighted by Crippen LogP contribution is 2.28. The van der Waals surface area contributed by atoms with Crippen LogP contribution in [0.3, 0.4) is 0 Å². The van der Waals surface area contributed by atoms with Crippen LogP contribution in [0.2, 0.25) is 0 Å². The molecule has 0 bridgehead atoms. The Morgan fingerprint density at radius 1 is 1.00 bits per heavy atom. The van der Waals surface area contributed by atoms with E-state index >= 15 is 0 Å². The summed E-state index contributed by atoms with van der Waals surface area (Å²) >= 11 is 0. The first-order valence-corrected chi connectivity index (χ1v) is 8.01. The maximum Gasteiger partial charge on any atom is 0.316 e. The third-order valence-corrected chi connectivity index (χ3v) is 3.73. The van der Waals surface area contributed by atoms with Gasteiger partial charge in [-0.25, -0.2) is 0 Å². The van der Waals surface area contributed by atoms with E-state index in [1.54, 1.807) is 0 Å². The summed E-state index contributed by atoms with van der Waals surface area (Å²) in [6.07, 6.45) is 5.96. The molecule has 0 spiro atoms. The van der Waals surface area contributed by atoms with Gasteiger partial charge < -0.3 is 9.14 Å². The summed E-state index contributed by atoms with van der Waals surface area (Å²) in [7, 11) is 0. The van der Waals surface area contributed by atoms with Crippen molar-refractivity contribution in [1.29, 1.82) is 0 Å². The second-order valence-electron chi connectivity index (χ2n) is 6.77. The van der Waals surface area contributed by atoms with E-state index in [9.17, 15) is 4.79 Å². The minimum absolute atomic E-state index is 0.243. The molecule has 0 N–H and O–H groups in total. The van der Waals surface area contributed by atoms with Gasteiger partial charge in [0, 0.05) is 17.8 Å². The van der Waals surface area contributed by atoms with Gasteiger partial charge in [-0.15, -0.1) is 0 Å². The molecule has 1 aromatic carbocycles. The molecule has 0 aliphatic rings. The average molecular weight is 319 g/mol. The molecule has 0 amide bonds. The van der Waals surface area contributed by atoms with Crippen LogP contribution in [0.4, 0.5) is 0 Å². The first kappa shape index (κ1) is 16.1. The monoisotopic (exact) mass is 319 g/mol. The van der Waals surface area contributed by atoms with Crippen molar-refractivity contribution in [2.24, 2.45) is 5.41 Å². The molecule has 0 aliphatic carbocycles. The number of pyridine rings is 1. The SMILES string of the molecule is CC(C)(C)C(=O)Oc1cc2ccccn2c1/C=C/c1ccccc1. The molecule has 0 aliphatic heterocycles. The molecule has 3 nitrogen and oxygen atoms in total. The molecule has 24 heavy (non-hydrogen) atoms. The standard InChI is InChI=1S/C21H21NO2/c1-21(2,3)20(23)24-19-15-17-11-7-8-14-22(17)18(19)13-12-16-9-5-4-6-10-16/h4-15H,1-3H3/b13-12+. The third kappa shape index (κ3) is 3.40. The van der Waals surface area contributed by atoms with Gasteiger partial charge in [0.05, 0.1) is 11.1 Å². The van der Waals surface area contributed by atoms with Gasteiger partial charge in [0.1, 0.15) is 0 Å². The molecule has 0 unspecified atom stereocenters. The van der Waals surface area contributed by atoms with Crippen molar-refractivity contribution in [3.05, 3.63) is 72.1 Å². The maximum atomic E-state index is 12.3. The van der Waals surface area contributed by atoms with Gasteiger partial charge in [0.15, 0.2) is 5.75 Å². The molecular weight excluding hydrogens is 298 g/mol. The maximum absolute atomic E-state index is 12.3. The highest BCUT2D eigenvalue weighted by atomic mass is 16.5. The van der Waals surface area contributed by atoms with Crippen molar-refractivity contribution in [2.75, 3.05) is 0 Å². The first-order chi connectivity index (χ1) is 11.4. The zero-order chi connectivity index (χ0) is 17.2. The predicted octanol–water partition coefficient (Wildman–Crippen LogP) is 5.06. The van der Waals surface area contributed by atoms with E-state index in [1.807, 2.05) is 98.1 Å². The van der Waals surface area contributed by atoms with E-state index in [-0.39, 0.29) is 5.97 Å². The van der Waals surface area contributed by atoms with Crippen LogP contribution in [0.5, 0.6) is 5.75 Å². The summed E-state index contributed by atoms with van der Waals surface area (Å²) in [6, 6.07) is 17.9. The fourth-order valence-corrected chi connectivity index (χ4v) is 2.36. The fourth-order valence-electron chi connectivity index (χ4n) is 2.36. The van der Waals surface area contributed by atoms with Gasteiger partial charge in [0.2, 0.25) is 0 Å². The number of hydrogen-bond donors (Lipinski definition) is 0. The minimum Gasteiger partial charge on any atom is -0.424 e. The highest BCUT2D eigenvalue weighted by Gasteiger charge is 2.25. The van der Waals surface area contributed by atoms with Gasteiger partial charge >= 0.3 is 5.97 Å². The molecule has 2 heterocycles. The number of nitrogens with zero attached hydrogens (tertiary/aromatic N) is 1. The molecule has 0 saturated heterocycles. The van der Waals surface area contributed by atoms with Crippen LogP contribution in [0.25, 0.3) is 17.7 Å². The second-order valence-corrected chi connectivity index (χ2v) is 6.77. The van der Waals surface area contributed by atoms with Crippen molar-refractivity contribution in [2.45, 2.75) is 20.8 Å². The Morgan fingerprint density at radius 3 is 2.42 bits per heavy atom. The Kier molecular flexibility index (Phi) is 4.26. The lowest BCUT2D eigenvalue weighted by Gasteiger charge is -2.16. The predicted molar refractivity (Wildman–Crippen MR) is 97.9 cm³/mol. The van der Waals surface area contributed by atoms with E-state index in [0.29, 0.717) is 5.75 Å². The van der Waals surface area contributed by atoms with E-state index in [4.69, 9.17) is 4.74 Å². The van der Waals surface area contributed by atoms with Crippen LogP contribution < -0.4 is 4.74 Å². The molecule has 3 heteroatoms. The van der Waals surface area contributed by atoms with E-state index in [0.717, 1.165) is 16.8 Å². The van der Waals surface area contributed by atoms with Crippen LogP contribution in [-0.2, 0) is 4.79 Å². The Hall–Kier alpha value is -2.81. The minimum atomic E-state index is -0.547. The lowest BCUT2D eigenvalue weighted by atomic mass is 9.97. The number of esters is 1. The number of carbonyl (C=O) groups excluding carboxylic acids is 1. The molecule has 122 valence electrons. The lowest BCUT2D eigenvalue weighted by molar-refractivity contribution is -0.143. The number of hydrogen-bond acceptors (Lipinski definition) is 2. The topological polar surface area (TPSA) is 30.7 Å². The van der Waals surface area contributed by atoms with Crippen molar-refractivity contribution < 1.29 is 9.53 Å². The summed E-state index contributed by atoms with van der Waals surface area (Å²) < 4.78 is 7.69. The van der Waals surface area contributed by atoms with Crippen LogP contribution in [-0.4, -0.2) is 10.4 Å². The number of fused-ring (bicyclic) bond motifs is 1. The summed E-state index contributed by atoms with van der Waals surface area (Å²) in [5.74, 6) is 0.334. The van der Waals surface area contributed by atoms with Crippen LogP contribution >= 0.6 is 0 Å². The molecule has 0 fully saturated rings. The number of benzene rings is 1. The number of ether oxygens (including phenoxy) is 1. The zero-order valence-electron chi connectivity index (χ0n) is 14.2. The van der Waals surface area contributed by atoms with Crippen LogP contribution in [0.15, 0.2) is 60.8 Å². The van der Waals surface area contributed by atoms with Crippen molar-refractivity contribution >= 4 is 23.6 Å². The fraction of sp³-hybridized carbons (Fsp3) is 0.190. The van der Waals surface area contributed by atoms with Crippen molar-refractivity contribution in [1.82, 2.24) is 4.40 Å². The first-order valence-electron chi connectivity index (χ1n) is 8.01. The molecular formula is C21H21NO2. The zero-order valence-corrected chi connectivity index (χ0v) is 14.2. The number of aromatic nitrogens is 1. The van der Waals surface area contributed by atoms with Crippen LogP contribution in [0.1, 0.15) is 32.0 Å². The molecule has 0 saturated carbocycles. The van der Waals surface area contributed by atoms with Crippen LogP contribution in [0, 0.1) is 5.41 Å². The summed E-state index contributed by atoms with van der Waals surface area (Å²) in [5.41, 5.74) is 2.39. The van der Waals surface area contributed by atoms with Crippen molar-refractivity contribution in [3.8, 4) is 5.75 Å². The Morgan fingerprint density at radius 2 is 1.71 bits per heavy atom. The van der Waals surface area contributed by atoms with Gasteiger partial charge in [0.25, 0.3) is 0 Å². The quantitative estimate of drug-likeness (QED) is 0.632. The highest BCUT2D eigenvalue weighted by molar-refractivity contribution is 5.82. The molecule has 2 aromatic heterocycles. The Labute approximate surface area is 142 Å². The molecule has 3 aromatic rings. The normalized spacial score (nSPS) is 12.0. The third-order valence-electron chi connectivity index (χ3n) is 3.73. The molecule has 0 atom stereocenters. The number of rotatable bonds is 3. The Balaban J connectivity index is 2.02. The summed E-state index contributed by atoms with van der Waals surface area (Å²) in [5, 5.41) is 0. The largest absolute Gasteiger partial charge is 0.424 e. The summed E-state index contributed by atoms with van der Waals surface area (Å²) in [6.45, 7) is 5.56. The lowest BCUT2D eigenvalue weighted by Crippen LogP contribution is -2.25. The van der Waals surface area contributed by atoms with Gasteiger partial charge in [-0.2, -0.15) is 0 Å². The van der Waals surface area contributed by atoms with Gasteiger partial charge in [-0.3, -0.25) is 4.79 Å².